The zero-order chi connectivity index (χ0) is 15.4. The largest absolute Gasteiger partial charge is 0.347 e. The number of rotatable bonds is 5. The highest BCUT2D eigenvalue weighted by molar-refractivity contribution is 5.85. The smallest absolute Gasteiger partial charge is 0.237 e. The molecule has 3 rings (SSSR count). The van der Waals surface area contributed by atoms with Crippen LogP contribution < -0.4 is 11.1 Å². The fourth-order valence-corrected chi connectivity index (χ4v) is 3.20. The molecule has 0 aliphatic heterocycles. The number of pyridine rings is 1. The molecule has 0 bridgehead atoms. The Balaban J connectivity index is 0.00000192. The van der Waals surface area contributed by atoms with Crippen molar-refractivity contribution in [1.82, 2.24) is 19.9 Å². The summed E-state index contributed by atoms with van der Waals surface area (Å²) in [6, 6.07) is 5.28. The fourth-order valence-electron chi connectivity index (χ4n) is 3.20. The second-order valence-electron chi connectivity index (χ2n) is 6.11. The number of aromatic nitrogens is 3. The van der Waals surface area contributed by atoms with Crippen LogP contribution in [-0.2, 0) is 11.3 Å². The van der Waals surface area contributed by atoms with Crippen molar-refractivity contribution in [2.45, 2.75) is 51.1 Å². The Kier molecular flexibility index (Phi) is 6.36. The molecule has 3 N–H and O–H groups in total. The Bertz CT molecular complexity index is 638. The van der Waals surface area contributed by atoms with E-state index in [2.05, 4.69) is 15.5 Å². The van der Waals surface area contributed by atoms with Crippen molar-refractivity contribution in [3.63, 3.8) is 0 Å². The monoisotopic (exact) mass is 337 g/mol. The first kappa shape index (κ1) is 17.7. The Morgan fingerprint density at radius 1 is 1.30 bits per heavy atom. The molecule has 0 radical (unpaired) electrons. The van der Waals surface area contributed by atoms with Gasteiger partial charge in [0.1, 0.15) is 0 Å². The highest BCUT2D eigenvalue weighted by Gasteiger charge is 2.21. The molecule has 1 saturated carbocycles. The minimum atomic E-state index is -0.428. The third-order valence-electron chi connectivity index (χ3n) is 4.45. The van der Waals surface area contributed by atoms with E-state index >= 15 is 0 Å². The lowest BCUT2D eigenvalue weighted by Gasteiger charge is -2.24. The maximum atomic E-state index is 12.2. The minimum absolute atomic E-state index is 0. The zero-order valence-corrected chi connectivity index (χ0v) is 14.0. The highest BCUT2D eigenvalue weighted by Crippen LogP contribution is 2.26. The van der Waals surface area contributed by atoms with Gasteiger partial charge in [-0.25, -0.2) is 0 Å². The van der Waals surface area contributed by atoms with E-state index in [1.165, 1.54) is 32.1 Å². The van der Waals surface area contributed by atoms with Crippen LogP contribution in [0.25, 0.3) is 5.65 Å². The topological polar surface area (TPSA) is 85.3 Å². The number of hydrogen-bond donors (Lipinski definition) is 2. The third kappa shape index (κ3) is 4.42. The van der Waals surface area contributed by atoms with Gasteiger partial charge in [0.15, 0.2) is 11.5 Å². The molecular weight excluding hydrogens is 314 g/mol. The van der Waals surface area contributed by atoms with E-state index in [0.29, 0.717) is 18.3 Å². The Morgan fingerprint density at radius 3 is 2.87 bits per heavy atom. The summed E-state index contributed by atoms with van der Waals surface area (Å²) in [5.74, 6) is 1.22. The molecule has 1 fully saturated rings. The maximum Gasteiger partial charge on any atom is 0.237 e. The van der Waals surface area contributed by atoms with Gasteiger partial charge in [0.25, 0.3) is 0 Å². The quantitative estimate of drug-likeness (QED) is 0.874. The molecule has 0 saturated heterocycles. The van der Waals surface area contributed by atoms with Crippen molar-refractivity contribution in [2.24, 2.45) is 11.7 Å². The zero-order valence-electron chi connectivity index (χ0n) is 13.1. The normalized spacial score (nSPS) is 16.7. The molecule has 2 aromatic rings. The van der Waals surface area contributed by atoms with Gasteiger partial charge >= 0.3 is 0 Å². The number of hydrogen-bond acceptors (Lipinski definition) is 4. The summed E-state index contributed by atoms with van der Waals surface area (Å²) >= 11 is 0. The average Bonchev–Trinajstić information content (AvgIpc) is 2.97. The first-order valence-corrected chi connectivity index (χ1v) is 8.06. The lowest BCUT2D eigenvalue weighted by atomic mass is 9.85. The van der Waals surface area contributed by atoms with Gasteiger partial charge in [-0.05, 0) is 24.5 Å². The van der Waals surface area contributed by atoms with Crippen molar-refractivity contribution in [3.05, 3.63) is 30.2 Å². The lowest BCUT2D eigenvalue weighted by Crippen LogP contribution is -2.41. The van der Waals surface area contributed by atoms with Gasteiger partial charge in [-0.1, -0.05) is 38.2 Å². The van der Waals surface area contributed by atoms with Gasteiger partial charge in [0.05, 0.1) is 12.6 Å². The van der Waals surface area contributed by atoms with Crippen LogP contribution in [0.2, 0.25) is 0 Å². The molecule has 23 heavy (non-hydrogen) atoms. The van der Waals surface area contributed by atoms with Crippen LogP contribution in [-0.4, -0.2) is 26.5 Å². The molecule has 1 unspecified atom stereocenters. The van der Waals surface area contributed by atoms with Crippen molar-refractivity contribution >= 4 is 24.0 Å². The summed E-state index contributed by atoms with van der Waals surface area (Å²) in [5.41, 5.74) is 6.82. The second-order valence-corrected chi connectivity index (χ2v) is 6.11. The van der Waals surface area contributed by atoms with Crippen LogP contribution in [0.5, 0.6) is 0 Å². The standard InChI is InChI=1S/C16H23N5O.ClH/c17-13(10-12-6-2-1-3-7-12)16(22)18-11-15-20-19-14-8-4-5-9-21(14)15;/h4-5,8-9,12-13H,1-3,6-7,10-11,17H2,(H,18,22);1H. The summed E-state index contributed by atoms with van der Waals surface area (Å²) in [4.78, 5) is 12.2. The Hall–Kier alpha value is -1.66. The molecule has 1 amide bonds. The van der Waals surface area contributed by atoms with Crippen molar-refractivity contribution < 1.29 is 4.79 Å². The van der Waals surface area contributed by atoms with E-state index in [1.807, 2.05) is 28.8 Å². The van der Waals surface area contributed by atoms with Gasteiger partial charge in [-0.15, -0.1) is 22.6 Å². The number of fused-ring (bicyclic) bond motifs is 1. The summed E-state index contributed by atoms with van der Waals surface area (Å²) < 4.78 is 1.87. The number of nitrogens with two attached hydrogens (primary N) is 1. The Morgan fingerprint density at radius 2 is 2.09 bits per heavy atom. The summed E-state index contributed by atoms with van der Waals surface area (Å²) in [6.45, 7) is 0.350. The van der Waals surface area contributed by atoms with Gasteiger partial charge in [0, 0.05) is 6.20 Å². The summed E-state index contributed by atoms with van der Waals surface area (Å²) in [7, 11) is 0. The van der Waals surface area contributed by atoms with E-state index in [9.17, 15) is 4.79 Å². The lowest BCUT2D eigenvalue weighted by molar-refractivity contribution is -0.123. The number of nitrogens with zero attached hydrogens (tertiary/aromatic N) is 3. The van der Waals surface area contributed by atoms with Crippen LogP contribution in [0.15, 0.2) is 24.4 Å². The SMILES string of the molecule is Cl.NC(CC1CCCCC1)C(=O)NCc1nnc2ccccn12. The summed E-state index contributed by atoms with van der Waals surface area (Å²) in [5, 5.41) is 11.0. The molecule has 126 valence electrons. The van der Waals surface area contributed by atoms with E-state index in [-0.39, 0.29) is 18.3 Å². The molecular formula is C16H24ClN5O. The van der Waals surface area contributed by atoms with Crippen LogP contribution in [0.4, 0.5) is 0 Å². The number of carbonyl (C=O) groups is 1. The average molecular weight is 338 g/mol. The minimum Gasteiger partial charge on any atom is -0.347 e. The van der Waals surface area contributed by atoms with Crippen LogP contribution in [0.3, 0.4) is 0 Å². The maximum absolute atomic E-state index is 12.2. The predicted molar refractivity (Wildman–Crippen MR) is 91.2 cm³/mol. The molecule has 1 atom stereocenters. The van der Waals surface area contributed by atoms with Crippen molar-refractivity contribution in [2.75, 3.05) is 0 Å². The first-order chi connectivity index (χ1) is 10.7. The van der Waals surface area contributed by atoms with Gasteiger partial charge < -0.3 is 11.1 Å². The molecule has 0 aromatic carbocycles. The third-order valence-corrected chi connectivity index (χ3v) is 4.45. The van der Waals surface area contributed by atoms with E-state index in [4.69, 9.17) is 5.73 Å². The van der Waals surface area contributed by atoms with Gasteiger partial charge in [-0.2, -0.15) is 0 Å². The van der Waals surface area contributed by atoms with Crippen LogP contribution >= 0.6 is 12.4 Å². The summed E-state index contributed by atoms with van der Waals surface area (Å²) in [6.07, 6.45) is 8.93. The molecule has 2 heterocycles. The number of carbonyl (C=O) groups excluding carboxylic acids is 1. The van der Waals surface area contributed by atoms with E-state index in [1.54, 1.807) is 0 Å². The molecule has 2 aromatic heterocycles. The first-order valence-electron chi connectivity index (χ1n) is 8.06. The number of amides is 1. The van der Waals surface area contributed by atoms with E-state index in [0.717, 1.165) is 12.1 Å². The van der Waals surface area contributed by atoms with Gasteiger partial charge in [0.2, 0.25) is 5.91 Å². The predicted octanol–water partition coefficient (Wildman–Crippen LogP) is 2.06. The Labute approximate surface area is 142 Å². The molecule has 7 heteroatoms. The molecule has 0 spiro atoms. The fraction of sp³-hybridized carbons (Fsp3) is 0.562. The number of halogens is 1. The van der Waals surface area contributed by atoms with E-state index < -0.39 is 6.04 Å². The van der Waals surface area contributed by atoms with Gasteiger partial charge in [-0.3, -0.25) is 9.20 Å². The van der Waals surface area contributed by atoms with Crippen molar-refractivity contribution in [3.8, 4) is 0 Å². The molecule has 1 aliphatic rings. The second kappa shape index (κ2) is 8.26. The number of nitrogens with one attached hydrogen (secondary N) is 1. The van der Waals surface area contributed by atoms with Crippen LogP contribution in [0.1, 0.15) is 44.3 Å². The molecule has 6 nitrogen and oxygen atoms in total. The van der Waals surface area contributed by atoms with Crippen LogP contribution in [0, 0.1) is 5.92 Å². The highest BCUT2D eigenvalue weighted by atomic mass is 35.5. The molecule has 1 aliphatic carbocycles. The van der Waals surface area contributed by atoms with Crippen molar-refractivity contribution in [1.29, 1.82) is 0 Å².